The number of carbonyl (C=O) groups excluding carboxylic acids is 1. The number of rotatable bonds is 9. The summed E-state index contributed by atoms with van der Waals surface area (Å²) in [5.74, 6) is 0.384. The topological polar surface area (TPSA) is 75.6 Å². The number of hydrazone groups is 1. The van der Waals surface area contributed by atoms with Crippen molar-refractivity contribution in [1.82, 2.24) is 10.4 Å². The van der Waals surface area contributed by atoms with Crippen molar-refractivity contribution < 1.29 is 9.53 Å². The number of aryl methyl sites for hydroxylation is 1. The summed E-state index contributed by atoms with van der Waals surface area (Å²) < 4.78 is 6.36. The fourth-order valence-corrected chi connectivity index (χ4v) is 6.08. The third-order valence-corrected chi connectivity index (χ3v) is 8.56. The number of aromatic nitrogens is 1. The maximum atomic E-state index is 13.0. The molecule has 0 spiro atoms. The van der Waals surface area contributed by atoms with Gasteiger partial charge in [-0.3, -0.25) is 4.79 Å². The number of ether oxygens (including phenoxy) is 1. The van der Waals surface area contributed by atoms with Gasteiger partial charge in [0.05, 0.1) is 11.9 Å². The Hall–Kier alpha value is -5.79. The minimum atomic E-state index is -0.304. The van der Waals surface area contributed by atoms with Gasteiger partial charge in [0, 0.05) is 27.8 Å². The molecular formula is C39H30N4O2S. The van der Waals surface area contributed by atoms with Gasteiger partial charge < -0.3 is 10.1 Å². The van der Waals surface area contributed by atoms with Crippen LogP contribution in [0.15, 0.2) is 138 Å². The molecule has 0 saturated heterocycles. The first-order chi connectivity index (χ1) is 22.6. The second-order valence-electron chi connectivity index (χ2n) is 10.9. The molecule has 0 aliphatic heterocycles. The molecule has 0 atom stereocenters. The van der Waals surface area contributed by atoms with Crippen LogP contribution in [0.2, 0.25) is 0 Å². The highest BCUT2D eigenvalue weighted by Crippen LogP contribution is 2.29. The second kappa shape index (κ2) is 13.1. The number of carbonyl (C=O) groups is 1. The van der Waals surface area contributed by atoms with E-state index in [0.717, 1.165) is 49.4 Å². The second-order valence-corrected chi connectivity index (χ2v) is 11.8. The summed E-state index contributed by atoms with van der Waals surface area (Å²) >= 11 is 1.54. The van der Waals surface area contributed by atoms with E-state index in [2.05, 4.69) is 59.2 Å². The molecule has 1 amide bonds. The SMILES string of the molecule is Cc1ccc(Nc2nc(-c3ccc(C(=O)N/N=C\c4c(OCc5cccc6ccccc56)ccc5ccccc45)cc3)cs2)cc1. The number of benzene rings is 6. The first kappa shape index (κ1) is 29.0. The highest BCUT2D eigenvalue weighted by molar-refractivity contribution is 7.14. The van der Waals surface area contributed by atoms with E-state index in [1.165, 1.54) is 22.3 Å². The number of anilines is 2. The van der Waals surface area contributed by atoms with Gasteiger partial charge in [-0.2, -0.15) is 5.10 Å². The normalized spacial score (nSPS) is 11.2. The molecule has 224 valence electrons. The van der Waals surface area contributed by atoms with E-state index in [4.69, 9.17) is 9.72 Å². The van der Waals surface area contributed by atoms with E-state index in [1.807, 2.05) is 84.2 Å². The molecule has 6 nitrogen and oxygen atoms in total. The Labute approximate surface area is 271 Å². The van der Waals surface area contributed by atoms with E-state index in [9.17, 15) is 4.79 Å². The summed E-state index contributed by atoms with van der Waals surface area (Å²) in [7, 11) is 0. The van der Waals surface area contributed by atoms with Gasteiger partial charge in [0.15, 0.2) is 5.13 Å². The highest BCUT2D eigenvalue weighted by atomic mass is 32.1. The summed E-state index contributed by atoms with van der Waals surface area (Å²) in [6, 6.07) is 42.1. The average molecular weight is 619 g/mol. The van der Waals surface area contributed by atoms with Gasteiger partial charge in [-0.1, -0.05) is 103 Å². The minimum absolute atomic E-state index is 0.304. The van der Waals surface area contributed by atoms with Crippen LogP contribution in [0.5, 0.6) is 5.75 Å². The van der Waals surface area contributed by atoms with Crippen LogP contribution >= 0.6 is 11.3 Å². The number of thiazole rings is 1. The molecule has 1 aromatic heterocycles. The lowest BCUT2D eigenvalue weighted by atomic mass is 10.0. The van der Waals surface area contributed by atoms with Crippen LogP contribution in [0.1, 0.15) is 27.0 Å². The Kier molecular flexibility index (Phi) is 8.22. The van der Waals surface area contributed by atoms with Crippen LogP contribution in [0.3, 0.4) is 0 Å². The lowest BCUT2D eigenvalue weighted by Gasteiger charge is -2.13. The predicted molar refractivity (Wildman–Crippen MR) is 189 cm³/mol. The first-order valence-electron chi connectivity index (χ1n) is 14.9. The Morgan fingerprint density at radius 2 is 1.52 bits per heavy atom. The number of amides is 1. The van der Waals surface area contributed by atoms with Gasteiger partial charge in [0.1, 0.15) is 12.4 Å². The highest BCUT2D eigenvalue weighted by Gasteiger charge is 2.11. The molecule has 1 heterocycles. The standard InChI is InChI=1S/C39H30N4O2S/c1-26-13-20-32(21-14-26)41-39-42-36(25-46-39)29-15-17-30(18-16-29)38(44)43-40-23-35-34-12-5-3-8-28(34)19-22-37(35)45-24-31-10-6-9-27-7-2-4-11-33(27)31/h2-23,25H,24H2,1H3,(H,41,42)(H,43,44)/b40-23-. The van der Waals surface area contributed by atoms with Crippen LogP contribution in [0.25, 0.3) is 32.8 Å². The zero-order chi connectivity index (χ0) is 31.3. The van der Waals surface area contributed by atoms with Crippen molar-refractivity contribution in [2.75, 3.05) is 5.32 Å². The molecule has 0 fully saturated rings. The van der Waals surface area contributed by atoms with Gasteiger partial charge in [0.2, 0.25) is 0 Å². The quantitative estimate of drug-likeness (QED) is 0.125. The van der Waals surface area contributed by atoms with Crippen molar-refractivity contribution in [3.8, 4) is 17.0 Å². The monoisotopic (exact) mass is 618 g/mol. The van der Waals surface area contributed by atoms with Gasteiger partial charge in [-0.15, -0.1) is 11.3 Å². The molecule has 0 bridgehead atoms. The molecule has 2 N–H and O–H groups in total. The fourth-order valence-electron chi connectivity index (χ4n) is 5.34. The summed E-state index contributed by atoms with van der Waals surface area (Å²) in [4.78, 5) is 17.7. The third kappa shape index (κ3) is 6.36. The molecule has 6 aromatic carbocycles. The van der Waals surface area contributed by atoms with Crippen molar-refractivity contribution in [2.45, 2.75) is 13.5 Å². The molecule has 0 saturated carbocycles. The van der Waals surface area contributed by atoms with Crippen molar-refractivity contribution in [2.24, 2.45) is 5.10 Å². The number of hydrogen-bond acceptors (Lipinski definition) is 6. The molecule has 0 aliphatic carbocycles. The van der Waals surface area contributed by atoms with Crippen LogP contribution in [0, 0.1) is 6.92 Å². The van der Waals surface area contributed by atoms with E-state index < -0.39 is 0 Å². The maximum Gasteiger partial charge on any atom is 0.271 e. The Bertz CT molecular complexity index is 2180. The molecule has 7 heteroatoms. The lowest BCUT2D eigenvalue weighted by molar-refractivity contribution is 0.0955. The Morgan fingerprint density at radius 1 is 0.804 bits per heavy atom. The van der Waals surface area contributed by atoms with Crippen LogP contribution < -0.4 is 15.5 Å². The molecular weight excluding hydrogens is 589 g/mol. The van der Waals surface area contributed by atoms with Gasteiger partial charge in [0.25, 0.3) is 5.91 Å². The number of nitrogens with one attached hydrogen (secondary N) is 2. The van der Waals surface area contributed by atoms with Gasteiger partial charge >= 0.3 is 0 Å². The lowest BCUT2D eigenvalue weighted by Crippen LogP contribution is -2.17. The number of hydrogen-bond donors (Lipinski definition) is 2. The smallest absolute Gasteiger partial charge is 0.271 e. The molecule has 7 aromatic rings. The predicted octanol–water partition coefficient (Wildman–Crippen LogP) is 9.51. The van der Waals surface area contributed by atoms with E-state index >= 15 is 0 Å². The third-order valence-electron chi connectivity index (χ3n) is 7.80. The van der Waals surface area contributed by atoms with Crippen LogP contribution in [-0.4, -0.2) is 17.1 Å². The number of fused-ring (bicyclic) bond motifs is 2. The van der Waals surface area contributed by atoms with Crippen molar-refractivity contribution in [3.05, 3.63) is 155 Å². The first-order valence-corrected chi connectivity index (χ1v) is 15.8. The summed E-state index contributed by atoms with van der Waals surface area (Å²) in [5.41, 5.74) is 9.05. The molecule has 0 radical (unpaired) electrons. The van der Waals surface area contributed by atoms with Crippen molar-refractivity contribution >= 4 is 55.8 Å². The van der Waals surface area contributed by atoms with Crippen LogP contribution in [0.4, 0.5) is 10.8 Å². The largest absolute Gasteiger partial charge is 0.488 e. The Balaban J connectivity index is 1.05. The molecule has 0 unspecified atom stereocenters. The maximum absolute atomic E-state index is 13.0. The molecule has 7 rings (SSSR count). The fraction of sp³-hybridized carbons (Fsp3) is 0.0513. The van der Waals surface area contributed by atoms with Gasteiger partial charge in [-0.05, 0) is 64.4 Å². The summed E-state index contributed by atoms with van der Waals surface area (Å²) in [6.45, 7) is 2.47. The van der Waals surface area contributed by atoms with E-state index in [-0.39, 0.29) is 5.91 Å². The van der Waals surface area contributed by atoms with Crippen LogP contribution in [-0.2, 0) is 6.61 Å². The Morgan fingerprint density at radius 3 is 2.33 bits per heavy atom. The molecule has 0 aliphatic rings. The summed E-state index contributed by atoms with van der Waals surface area (Å²) in [5, 5.41) is 14.9. The minimum Gasteiger partial charge on any atom is -0.488 e. The summed E-state index contributed by atoms with van der Waals surface area (Å²) in [6.07, 6.45) is 1.66. The van der Waals surface area contributed by atoms with Gasteiger partial charge in [-0.25, -0.2) is 10.4 Å². The molecule has 46 heavy (non-hydrogen) atoms. The zero-order valence-electron chi connectivity index (χ0n) is 25.1. The average Bonchev–Trinajstić information content (AvgIpc) is 3.57. The van der Waals surface area contributed by atoms with E-state index in [0.29, 0.717) is 17.9 Å². The van der Waals surface area contributed by atoms with E-state index in [1.54, 1.807) is 18.3 Å². The number of nitrogens with zero attached hydrogens (tertiary/aromatic N) is 2. The zero-order valence-corrected chi connectivity index (χ0v) is 25.9. The van der Waals surface area contributed by atoms with Crippen molar-refractivity contribution in [1.29, 1.82) is 0 Å². The van der Waals surface area contributed by atoms with Crippen molar-refractivity contribution in [3.63, 3.8) is 0 Å².